The standard InChI is InChI=1S/C18H14N6O3S/c19-10-15(18(25)20-11-13-4-2-1-3-5-13)8-14-6-7-17(16(9-14)24(26)27)28-22-12-21-23-28/h1-9,12H,11H2,(H,20,25)(H,21,22,23). The zero-order valence-corrected chi connectivity index (χ0v) is 15.2. The maximum Gasteiger partial charge on any atom is 0.286 e. The summed E-state index contributed by atoms with van der Waals surface area (Å²) in [5.41, 5.74) is 3.48. The molecular formula is C18H14N6O3S. The maximum atomic E-state index is 12.3. The molecule has 1 aliphatic heterocycles. The molecule has 0 radical (unpaired) electrons. The first kappa shape index (κ1) is 18.9. The Balaban J connectivity index is 1.82. The Hall–Kier alpha value is -3.84. The lowest BCUT2D eigenvalue weighted by Crippen LogP contribution is -2.23. The van der Waals surface area contributed by atoms with Crippen LogP contribution in [0.1, 0.15) is 11.1 Å². The molecule has 1 heterocycles. The predicted molar refractivity (Wildman–Crippen MR) is 105 cm³/mol. The fourth-order valence-corrected chi connectivity index (χ4v) is 3.45. The van der Waals surface area contributed by atoms with Gasteiger partial charge in [-0.05, 0) is 23.3 Å². The Morgan fingerprint density at radius 2 is 2.11 bits per heavy atom. The third-order valence-corrected chi connectivity index (χ3v) is 5.02. The van der Waals surface area contributed by atoms with Gasteiger partial charge in [-0.25, -0.2) is 0 Å². The molecule has 140 valence electrons. The normalized spacial score (nSPS) is 15.2. The third-order valence-electron chi connectivity index (χ3n) is 3.70. The van der Waals surface area contributed by atoms with Crippen LogP contribution in [0.3, 0.4) is 0 Å². The van der Waals surface area contributed by atoms with Crippen molar-refractivity contribution in [2.24, 2.45) is 8.87 Å². The van der Waals surface area contributed by atoms with Crippen molar-refractivity contribution in [2.45, 2.75) is 11.4 Å². The molecule has 3 rings (SSSR count). The first-order valence-corrected chi connectivity index (χ1v) is 9.18. The van der Waals surface area contributed by atoms with Gasteiger partial charge in [0.05, 0.1) is 15.8 Å². The minimum Gasteiger partial charge on any atom is -0.347 e. The predicted octanol–water partition coefficient (Wildman–Crippen LogP) is 2.44. The summed E-state index contributed by atoms with van der Waals surface area (Å²) in [6, 6.07) is 15.5. The van der Waals surface area contributed by atoms with E-state index in [1.54, 1.807) is 6.07 Å². The number of rotatable bonds is 6. The monoisotopic (exact) mass is 394 g/mol. The van der Waals surface area contributed by atoms with E-state index in [2.05, 4.69) is 19.6 Å². The summed E-state index contributed by atoms with van der Waals surface area (Å²) in [4.78, 5) is 23.5. The fourth-order valence-electron chi connectivity index (χ4n) is 2.39. The van der Waals surface area contributed by atoms with E-state index in [0.717, 1.165) is 5.56 Å². The van der Waals surface area contributed by atoms with Gasteiger partial charge in [0.1, 0.15) is 22.9 Å². The van der Waals surface area contributed by atoms with Crippen molar-refractivity contribution in [1.29, 1.82) is 5.26 Å². The molecule has 2 aromatic rings. The molecule has 9 nitrogen and oxygen atoms in total. The Labute approximate surface area is 162 Å². The van der Waals surface area contributed by atoms with Crippen molar-refractivity contribution in [3.63, 3.8) is 0 Å². The van der Waals surface area contributed by atoms with Gasteiger partial charge in [-0.1, -0.05) is 36.4 Å². The molecule has 0 aromatic heterocycles. The number of carbonyl (C=O) groups excluding carboxylic acids is 1. The number of carbonyl (C=O) groups is 1. The molecule has 0 bridgehead atoms. The van der Waals surface area contributed by atoms with Gasteiger partial charge >= 0.3 is 0 Å². The number of nitrogens with zero attached hydrogens (tertiary/aromatic N) is 4. The van der Waals surface area contributed by atoms with Crippen LogP contribution in [0, 0.1) is 21.4 Å². The molecule has 10 heteroatoms. The van der Waals surface area contributed by atoms with Crippen LogP contribution >= 0.6 is 0 Å². The van der Waals surface area contributed by atoms with E-state index in [1.807, 2.05) is 36.4 Å². The van der Waals surface area contributed by atoms with Crippen LogP contribution in [0.25, 0.3) is 6.08 Å². The van der Waals surface area contributed by atoms with Gasteiger partial charge in [0.15, 0.2) is 0 Å². The van der Waals surface area contributed by atoms with Crippen LogP contribution in [-0.2, 0) is 22.2 Å². The lowest BCUT2D eigenvalue weighted by molar-refractivity contribution is -0.387. The number of hydrogen-bond acceptors (Lipinski definition) is 7. The minimum atomic E-state index is -1.00. The van der Waals surface area contributed by atoms with Crippen molar-refractivity contribution < 1.29 is 9.72 Å². The van der Waals surface area contributed by atoms with E-state index in [4.69, 9.17) is 0 Å². The highest BCUT2D eigenvalue weighted by molar-refractivity contribution is 7.86. The molecule has 2 aromatic carbocycles. The summed E-state index contributed by atoms with van der Waals surface area (Å²) in [7, 11) is -1.00. The highest BCUT2D eigenvalue weighted by atomic mass is 32.2. The Morgan fingerprint density at radius 3 is 2.75 bits per heavy atom. The van der Waals surface area contributed by atoms with Crippen LogP contribution in [0.15, 0.2) is 67.9 Å². The van der Waals surface area contributed by atoms with Gasteiger partial charge in [-0.15, -0.1) is 4.47 Å². The Kier molecular flexibility index (Phi) is 5.88. The summed E-state index contributed by atoms with van der Waals surface area (Å²) in [5, 5.41) is 23.4. The average Bonchev–Trinajstić information content (AvgIpc) is 3.25. The van der Waals surface area contributed by atoms with Crippen molar-refractivity contribution >= 4 is 34.9 Å². The van der Waals surface area contributed by atoms with Crippen LogP contribution in [0.5, 0.6) is 0 Å². The smallest absolute Gasteiger partial charge is 0.286 e. The minimum absolute atomic E-state index is 0.148. The molecule has 0 aliphatic carbocycles. The van der Waals surface area contributed by atoms with Gasteiger partial charge in [-0.2, -0.15) is 9.66 Å². The maximum absolute atomic E-state index is 12.3. The second kappa shape index (κ2) is 8.70. The van der Waals surface area contributed by atoms with Crippen LogP contribution in [0.2, 0.25) is 0 Å². The second-order valence-corrected chi connectivity index (χ2v) is 6.90. The van der Waals surface area contributed by atoms with Gasteiger partial charge in [0, 0.05) is 12.6 Å². The van der Waals surface area contributed by atoms with Crippen LogP contribution in [-0.4, -0.2) is 17.2 Å². The van der Waals surface area contributed by atoms with E-state index in [-0.39, 0.29) is 17.8 Å². The number of amides is 1. The van der Waals surface area contributed by atoms with Gasteiger partial charge in [0.2, 0.25) is 0 Å². The average molecular weight is 394 g/mol. The lowest BCUT2D eigenvalue weighted by Gasteiger charge is -2.05. The molecule has 0 spiro atoms. The van der Waals surface area contributed by atoms with Gasteiger partial charge < -0.3 is 5.32 Å². The zero-order valence-electron chi connectivity index (χ0n) is 14.4. The number of nitro groups is 1. The fraction of sp³-hybridized carbons (Fsp3) is 0.0556. The topological polar surface area (TPSA) is 133 Å². The summed E-state index contributed by atoms with van der Waals surface area (Å²) in [6.07, 6.45) is 2.68. The van der Waals surface area contributed by atoms with Gasteiger partial charge in [-0.3, -0.25) is 20.3 Å². The van der Waals surface area contributed by atoms with E-state index in [0.29, 0.717) is 10.5 Å². The third kappa shape index (κ3) is 4.46. The first-order chi connectivity index (χ1) is 13.6. The van der Waals surface area contributed by atoms with Gasteiger partial charge in [0.25, 0.3) is 11.6 Å². The molecule has 28 heavy (non-hydrogen) atoms. The van der Waals surface area contributed by atoms with Crippen LogP contribution < -0.4 is 10.7 Å². The molecule has 0 saturated carbocycles. The number of nitriles is 1. The highest BCUT2D eigenvalue weighted by Gasteiger charge is 2.20. The van der Waals surface area contributed by atoms with Crippen molar-refractivity contribution in [3.05, 3.63) is 75.3 Å². The van der Waals surface area contributed by atoms with E-state index in [1.165, 1.54) is 24.5 Å². The number of nitro benzene ring substituents is 1. The molecule has 0 fully saturated rings. The van der Waals surface area contributed by atoms with E-state index >= 15 is 0 Å². The molecule has 1 unspecified atom stereocenters. The zero-order chi connectivity index (χ0) is 19.9. The molecule has 0 saturated heterocycles. The van der Waals surface area contributed by atoms with E-state index < -0.39 is 21.7 Å². The summed E-state index contributed by atoms with van der Waals surface area (Å²) < 4.78 is 7.98. The summed E-state index contributed by atoms with van der Waals surface area (Å²) in [5.74, 6) is -0.556. The van der Waals surface area contributed by atoms with Crippen molar-refractivity contribution in [3.8, 4) is 6.07 Å². The lowest BCUT2D eigenvalue weighted by atomic mass is 10.1. The van der Waals surface area contributed by atoms with Crippen molar-refractivity contribution in [2.75, 3.05) is 0 Å². The number of nitrogens with one attached hydrogen (secondary N) is 2. The SMILES string of the molecule is N#CC(=Cc1ccc(S2=NNC=N2)c([N+](=O)[O-])c1)C(=O)NCc1ccccc1. The molecule has 1 atom stereocenters. The number of hydrogen-bond donors (Lipinski definition) is 2. The molecule has 1 amide bonds. The van der Waals surface area contributed by atoms with E-state index in [9.17, 15) is 20.2 Å². The molecular weight excluding hydrogens is 380 g/mol. The second-order valence-electron chi connectivity index (χ2n) is 5.54. The Morgan fingerprint density at radius 1 is 1.32 bits per heavy atom. The number of benzene rings is 2. The highest BCUT2D eigenvalue weighted by Crippen LogP contribution is 2.27. The van der Waals surface area contributed by atoms with Crippen LogP contribution in [0.4, 0.5) is 5.69 Å². The van der Waals surface area contributed by atoms with Crippen molar-refractivity contribution in [1.82, 2.24) is 10.7 Å². The molecule has 2 N–H and O–H groups in total. The summed E-state index contributed by atoms with van der Waals surface area (Å²) in [6.45, 7) is 0.271. The largest absolute Gasteiger partial charge is 0.347 e. The quantitative estimate of drug-likeness (QED) is 0.336. The first-order valence-electron chi connectivity index (χ1n) is 8.04. The molecule has 1 aliphatic rings. The summed E-state index contributed by atoms with van der Waals surface area (Å²) >= 11 is 0. The Bertz CT molecular complexity index is 1060.